The summed E-state index contributed by atoms with van der Waals surface area (Å²) in [4.78, 5) is 27.6. The lowest BCUT2D eigenvalue weighted by Crippen LogP contribution is -2.51. The molecule has 31 heavy (non-hydrogen) atoms. The zero-order chi connectivity index (χ0) is 22.2. The Morgan fingerprint density at radius 2 is 1.74 bits per heavy atom. The van der Waals surface area contributed by atoms with Gasteiger partial charge in [-0.25, -0.2) is 4.79 Å². The third-order valence-electron chi connectivity index (χ3n) is 4.83. The molecule has 0 atom stereocenters. The largest absolute Gasteiger partial charge is 0.497 e. The lowest BCUT2D eigenvalue weighted by molar-refractivity contribution is -0.129. The molecule has 0 bridgehead atoms. The summed E-state index contributed by atoms with van der Waals surface area (Å²) in [6.07, 6.45) is -0.326. The van der Waals surface area contributed by atoms with Gasteiger partial charge in [-0.15, -0.1) is 10.2 Å². The lowest BCUT2D eigenvalue weighted by Gasteiger charge is -2.34. The van der Waals surface area contributed by atoms with Gasteiger partial charge in [0, 0.05) is 37.8 Å². The van der Waals surface area contributed by atoms with E-state index in [1.165, 1.54) is 11.8 Å². The standard InChI is InChI=1S/C21H26N4O5S/c1-4-30-21(27)25-11-9-24(10-12-25)20(26)14-31-19-8-7-17(22-23-19)16-6-5-15(28-2)13-18(16)29-3/h5-8,13H,4,9-12,14H2,1-3H3. The van der Waals surface area contributed by atoms with Gasteiger partial charge in [0.2, 0.25) is 5.91 Å². The Labute approximate surface area is 185 Å². The van der Waals surface area contributed by atoms with E-state index >= 15 is 0 Å². The normalized spacial score (nSPS) is 13.6. The van der Waals surface area contributed by atoms with Crippen LogP contribution in [0.2, 0.25) is 0 Å². The number of hydrogen-bond donors (Lipinski definition) is 0. The number of methoxy groups -OCH3 is 2. The molecule has 0 N–H and O–H groups in total. The van der Waals surface area contributed by atoms with E-state index in [9.17, 15) is 9.59 Å². The average Bonchev–Trinajstić information content (AvgIpc) is 2.82. The van der Waals surface area contributed by atoms with Gasteiger partial charge in [-0.1, -0.05) is 11.8 Å². The highest BCUT2D eigenvalue weighted by atomic mass is 32.2. The molecule has 9 nitrogen and oxygen atoms in total. The van der Waals surface area contributed by atoms with Crippen molar-refractivity contribution in [1.29, 1.82) is 0 Å². The third kappa shape index (κ3) is 5.78. The number of rotatable bonds is 7. The van der Waals surface area contributed by atoms with E-state index < -0.39 is 0 Å². The Morgan fingerprint density at radius 1 is 1.00 bits per heavy atom. The molecule has 0 aliphatic carbocycles. The third-order valence-corrected chi connectivity index (χ3v) is 5.73. The molecule has 0 saturated carbocycles. The molecule has 1 aromatic carbocycles. The van der Waals surface area contributed by atoms with E-state index in [1.54, 1.807) is 37.0 Å². The fraction of sp³-hybridized carbons (Fsp3) is 0.429. The molecule has 0 spiro atoms. The number of nitrogens with zero attached hydrogens (tertiary/aromatic N) is 4. The van der Waals surface area contributed by atoms with Crippen LogP contribution in [0.4, 0.5) is 4.79 Å². The Morgan fingerprint density at radius 3 is 2.35 bits per heavy atom. The summed E-state index contributed by atoms with van der Waals surface area (Å²) < 4.78 is 15.6. The van der Waals surface area contributed by atoms with Crippen LogP contribution in [-0.4, -0.2) is 84.8 Å². The maximum Gasteiger partial charge on any atom is 0.409 e. The van der Waals surface area contributed by atoms with Gasteiger partial charge >= 0.3 is 6.09 Å². The molecule has 1 fully saturated rings. The zero-order valence-electron chi connectivity index (χ0n) is 17.9. The predicted octanol–water partition coefficient (Wildman–Crippen LogP) is 2.55. The zero-order valence-corrected chi connectivity index (χ0v) is 18.7. The van der Waals surface area contributed by atoms with E-state index in [2.05, 4.69) is 10.2 Å². The second-order valence-corrected chi connectivity index (χ2v) is 7.67. The summed E-state index contributed by atoms with van der Waals surface area (Å²) in [5.74, 6) is 1.61. The first-order valence-corrected chi connectivity index (χ1v) is 10.9. The van der Waals surface area contributed by atoms with Crippen molar-refractivity contribution in [2.45, 2.75) is 11.9 Å². The van der Waals surface area contributed by atoms with Gasteiger partial charge in [-0.3, -0.25) is 4.79 Å². The monoisotopic (exact) mass is 446 g/mol. The predicted molar refractivity (Wildman–Crippen MR) is 116 cm³/mol. The number of aromatic nitrogens is 2. The molecule has 10 heteroatoms. The minimum Gasteiger partial charge on any atom is -0.497 e. The van der Waals surface area contributed by atoms with Crippen molar-refractivity contribution in [2.75, 3.05) is 52.8 Å². The second kappa shape index (κ2) is 10.9. The number of benzene rings is 1. The number of ether oxygens (including phenoxy) is 3. The molecule has 0 radical (unpaired) electrons. The number of hydrogen-bond acceptors (Lipinski definition) is 8. The van der Waals surface area contributed by atoms with Crippen LogP contribution in [0, 0.1) is 0 Å². The molecule has 1 aliphatic heterocycles. The van der Waals surface area contributed by atoms with E-state index in [4.69, 9.17) is 14.2 Å². The number of carbonyl (C=O) groups excluding carboxylic acids is 2. The van der Waals surface area contributed by atoms with Crippen molar-refractivity contribution in [1.82, 2.24) is 20.0 Å². The van der Waals surface area contributed by atoms with Crippen molar-refractivity contribution in [2.24, 2.45) is 0 Å². The summed E-state index contributed by atoms with van der Waals surface area (Å²) >= 11 is 1.34. The maximum atomic E-state index is 12.5. The lowest BCUT2D eigenvalue weighted by atomic mass is 10.1. The topological polar surface area (TPSA) is 94.1 Å². The Balaban J connectivity index is 1.53. The number of thioether (sulfide) groups is 1. The fourth-order valence-electron chi connectivity index (χ4n) is 3.13. The minimum atomic E-state index is -0.326. The van der Waals surface area contributed by atoms with Crippen LogP contribution >= 0.6 is 11.8 Å². The van der Waals surface area contributed by atoms with Crippen LogP contribution in [-0.2, 0) is 9.53 Å². The van der Waals surface area contributed by atoms with Gasteiger partial charge in [0.15, 0.2) is 0 Å². The van der Waals surface area contributed by atoms with Gasteiger partial charge < -0.3 is 24.0 Å². The molecule has 2 heterocycles. The van der Waals surface area contributed by atoms with Gasteiger partial charge in [0.05, 0.1) is 32.3 Å². The van der Waals surface area contributed by atoms with Gasteiger partial charge in [-0.2, -0.15) is 0 Å². The highest BCUT2D eigenvalue weighted by Crippen LogP contribution is 2.32. The van der Waals surface area contributed by atoms with Crippen molar-refractivity contribution < 1.29 is 23.8 Å². The summed E-state index contributed by atoms with van der Waals surface area (Å²) in [5.41, 5.74) is 1.48. The van der Waals surface area contributed by atoms with E-state index in [0.29, 0.717) is 55.0 Å². The van der Waals surface area contributed by atoms with Crippen LogP contribution in [0.1, 0.15) is 6.92 Å². The van der Waals surface area contributed by atoms with Crippen molar-refractivity contribution in [3.8, 4) is 22.8 Å². The average molecular weight is 447 g/mol. The maximum absolute atomic E-state index is 12.5. The van der Waals surface area contributed by atoms with Crippen molar-refractivity contribution in [3.05, 3.63) is 30.3 Å². The molecule has 1 aromatic heterocycles. The summed E-state index contributed by atoms with van der Waals surface area (Å²) in [7, 11) is 3.19. The highest BCUT2D eigenvalue weighted by Gasteiger charge is 2.24. The molecule has 1 saturated heterocycles. The van der Waals surface area contributed by atoms with Gasteiger partial charge in [0.1, 0.15) is 16.5 Å². The number of carbonyl (C=O) groups is 2. The van der Waals surface area contributed by atoms with E-state index in [0.717, 1.165) is 5.56 Å². The van der Waals surface area contributed by atoms with Crippen LogP contribution in [0.5, 0.6) is 11.5 Å². The quantitative estimate of drug-likeness (QED) is 0.599. The SMILES string of the molecule is CCOC(=O)N1CCN(C(=O)CSc2ccc(-c3ccc(OC)cc3OC)nn2)CC1. The summed E-state index contributed by atoms with van der Waals surface area (Å²) in [6.45, 7) is 4.08. The summed E-state index contributed by atoms with van der Waals surface area (Å²) in [6, 6.07) is 9.18. The minimum absolute atomic E-state index is 0.0104. The van der Waals surface area contributed by atoms with Crippen LogP contribution in [0.25, 0.3) is 11.3 Å². The first-order valence-electron chi connectivity index (χ1n) is 9.94. The number of amides is 2. The van der Waals surface area contributed by atoms with Gasteiger partial charge in [-0.05, 0) is 31.2 Å². The molecule has 2 aromatic rings. The van der Waals surface area contributed by atoms with Crippen LogP contribution < -0.4 is 9.47 Å². The highest BCUT2D eigenvalue weighted by molar-refractivity contribution is 7.99. The van der Waals surface area contributed by atoms with Crippen molar-refractivity contribution >= 4 is 23.8 Å². The molecule has 2 amide bonds. The number of piperazine rings is 1. The van der Waals surface area contributed by atoms with Gasteiger partial charge in [0.25, 0.3) is 0 Å². The molecule has 166 valence electrons. The smallest absolute Gasteiger partial charge is 0.409 e. The second-order valence-electron chi connectivity index (χ2n) is 6.68. The Kier molecular flexibility index (Phi) is 7.94. The van der Waals surface area contributed by atoms with Crippen LogP contribution in [0.15, 0.2) is 35.4 Å². The fourth-order valence-corrected chi connectivity index (χ4v) is 3.85. The Bertz CT molecular complexity index is 901. The van der Waals surface area contributed by atoms with Crippen LogP contribution in [0.3, 0.4) is 0 Å². The first kappa shape index (κ1) is 22.7. The first-order chi connectivity index (χ1) is 15.0. The van der Waals surface area contributed by atoms with E-state index in [1.807, 2.05) is 24.3 Å². The molecule has 1 aliphatic rings. The van der Waals surface area contributed by atoms with Crippen molar-refractivity contribution in [3.63, 3.8) is 0 Å². The molecule has 3 rings (SSSR count). The molecular formula is C21H26N4O5S. The molecular weight excluding hydrogens is 420 g/mol. The Hall–Kier alpha value is -3.01. The van der Waals surface area contributed by atoms with E-state index in [-0.39, 0.29) is 17.8 Å². The molecule has 0 unspecified atom stereocenters. The summed E-state index contributed by atoms with van der Waals surface area (Å²) in [5, 5.41) is 9.17.